The highest BCUT2D eigenvalue weighted by Crippen LogP contribution is 2.19. The molecule has 1 aliphatic heterocycles. The molecule has 1 amide bonds. The Morgan fingerprint density at radius 3 is 2.81 bits per heavy atom. The maximum atomic E-state index is 12.3. The van der Waals surface area contributed by atoms with Crippen LogP contribution in [0.1, 0.15) is 39.2 Å². The van der Waals surface area contributed by atoms with E-state index in [1.807, 2.05) is 31.7 Å². The highest BCUT2D eigenvalue weighted by molar-refractivity contribution is 14.0. The number of halogens is 1. The number of H-pyrrole nitrogens is 1. The van der Waals surface area contributed by atoms with Gasteiger partial charge < -0.3 is 25.3 Å². The first kappa shape index (κ1) is 25.3. The first-order chi connectivity index (χ1) is 14.4. The van der Waals surface area contributed by atoms with Crippen LogP contribution in [0.25, 0.3) is 10.9 Å². The van der Waals surface area contributed by atoms with Gasteiger partial charge in [0.2, 0.25) is 0 Å². The van der Waals surface area contributed by atoms with Crippen molar-refractivity contribution in [3.8, 4) is 0 Å². The molecule has 1 unspecified atom stereocenters. The highest BCUT2D eigenvalue weighted by Gasteiger charge is 2.27. The van der Waals surface area contributed by atoms with Gasteiger partial charge in [-0.3, -0.25) is 4.99 Å². The summed E-state index contributed by atoms with van der Waals surface area (Å²) in [6.45, 7) is 8.78. The number of guanidine groups is 1. The second-order valence-electron chi connectivity index (χ2n) is 8.92. The zero-order valence-electron chi connectivity index (χ0n) is 19.0. The Kier molecular flexibility index (Phi) is 9.46. The van der Waals surface area contributed by atoms with Gasteiger partial charge in [0.15, 0.2) is 5.96 Å². The van der Waals surface area contributed by atoms with Crippen LogP contribution in [0.2, 0.25) is 0 Å². The molecule has 0 bridgehead atoms. The SMILES string of the molecule is CN=C(NCCc1c[nH]c2ccccc12)NCC1CCCN(C(=O)OC(C)(C)C)C1.I. The van der Waals surface area contributed by atoms with Gasteiger partial charge in [0.25, 0.3) is 0 Å². The van der Waals surface area contributed by atoms with E-state index in [2.05, 4.69) is 45.0 Å². The molecule has 0 saturated carbocycles. The molecule has 0 radical (unpaired) electrons. The monoisotopic (exact) mass is 541 g/mol. The van der Waals surface area contributed by atoms with Crippen LogP contribution in [0.4, 0.5) is 4.79 Å². The van der Waals surface area contributed by atoms with E-state index < -0.39 is 5.60 Å². The third kappa shape index (κ3) is 7.59. The number of fused-ring (bicyclic) bond motifs is 1. The number of hydrogen-bond acceptors (Lipinski definition) is 3. The van der Waals surface area contributed by atoms with Crippen LogP contribution in [0.5, 0.6) is 0 Å². The number of para-hydroxylation sites is 1. The molecule has 7 nitrogen and oxygen atoms in total. The minimum absolute atomic E-state index is 0. The number of aromatic amines is 1. The number of hydrogen-bond donors (Lipinski definition) is 3. The Morgan fingerprint density at radius 2 is 2.06 bits per heavy atom. The lowest BCUT2D eigenvalue weighted by atomic mass is 9.98. The predicted octanol–water partition coefficient (Wildman–Crippen LogP) is 4.14. The van der Waals surface area contributed by atoms with Gasteiger partial charge in [-0.25, -0.2) is 4.79 Å². The van der Waals surface area contributed by atoms with Gasteiger partial charge in [-0.2, -0.15) is 0 Å². The molecule has 8 heteroatoms. The van der Waals surface area contributed by atoms with Gasteiger partial charge in [-0.1, -0.05) is 18.2 Å². The molecular formula is C23H36IN5O2. The van der Waals surface area contributed by atoms with Gasteiger partial charge in [-0.15, -0.1) is 24.0 Å². The number of ether oxygens (including phenoxy) is 1. The number of likely N-dealkylation sites (tertiary alicyclic amines) is 1. The van der Waals surface area contributed by atoms with E-state index in [-0.39, 0.29) is 30.1 Å². The smallest absolute Gasteiger partial charge is 0.410 e. The topological polar surface area (TPSA) is 81.8 Å². The number of aliphatic imine (C=N–C) groups is 1. The number of carbonyl (C=O) groups is 1. The zero-order valence-corrected chi connectivity index (χ0v) is 21.4. The predicted molar refractivity (Wildman–Crippen MR) is 137 cm³/mol. The first-order valence-electron chi connectivity index (χ1n) is 10.8. The number of piperidine rings is 1. The lowest BCUT2D eigenvalue weighted by Gasteiger charge is -2.34. The molecule has 2 heterocycles. The molecule has 3 N–H and O–H groups in total. The number of amides is 1. The summed E-state index contributed by atoms with van der Waals surface area (Å²) in [4.78, 5) is 21.8. The van der Waals surface area contributed by atoms with Crippen molar-refractivity contribution in [2.24, 2.45) is 10.9 Å². The van der Waals surface area contributed by atoms with Crippen LogP contribution in [0.3, 0.4) is 0 Å². The normalized spacial score (nSPS) is 17.2. The second kappa shape index (κ2) is 11.6. The molecule has 1 aromatic carbocycles. The van der Waals surface area contributed by atoms with Crippen LogP contribution in [-0.4, -0.2) is 60.8 Å². The lowest BCUT2D eigenvalue weighted by molar-refractivity contribution is 0.0168. The van der Waals surface area contributed by atoms with Crippen molar-refractivity contribution in [2.45, 2.75) is 45.6 Å². The number of aromatic nitrogens is 1. The summed E-state index contributed by atoms with van der Waals surface area (Å²) in [5.74, 6) is 1.18. The van der Waals surface area contributed by atoms with E-state index in [9.17, 15) is 4.79 Å². The fraction of sp³-hybridized carbons (Fsp3) is 0.565. The van der Waals surface area contributed by atoms with Gasteiger partial charge >= 0.3 is 6.09 Å². The summed E-state index contributed by atoms with van der Waals surface area (Å²) in [5.41, 5.74) is 2.01. The Labute approximate surface area is 202 Å². The molecular weight excluding hydrogens is 505 g/mol. The standard InChI is InChI=1S/C23H35N5O2.HI/c1-23(2,3)30-22(29)28-13-7-8-17(16-28)14-27-21(24-4)25-12-11-18-15-26-20-10-6-5-9-19(18)20;/h5-6,9-10,15,17,26H,7-8,11-14,16H2,1-4H3,(H2,24,25,27);1H. The molecule has 3 rings (SSSR count). The minimum Gasteiger partial charge on any atom is -0.444 e. The molecule has 0 spiro atoms. The van der Waals surface area contributed by atoms with Crippen molar-refractivity contribution in [3.05, 3.63) is 36.0 Å². The fourth-order valence-electron chi connectivity index (χ4n) is 3.84. The van der Waals surface area contributed by atoms with Crippen molar-refractivity contribution in [1.82, 2.24) is 20.5 Å². The maximum Gasteiger partial charge on any atom is 0.410 e. The molecule has 1 fully saturated rings. The molecule has 1 saturated heterocycles. The average Bonchev–Trinajstić information content (AvgIpc) is 3.12. The largest absolute Gasteiger partial charge is 0.444 e. The van der Waals surface area contributed by atoms with Crippen LogP contribution in [0.15, 0.2) is 35.5 Å². The quantitative estimate of drug-likeness (QED) is 0.302. The molecule has 0 aliphatic carbocycles. The third-order valence-electron chi connectivity index (χ3n) is 5.31. The Balaban J connectivity index is 0.00000341. The number of nitrogens with one attached hydrogen (secondary N) is 3. The number of benzene rings is 1. The maximum absolute atomic E-state index is 12.3. The average molecular weight is 541 g/mol. The molecule has 31 heavy (non-hydrogen) atoms. The second-order valence-corrected chi connectivity index (χ2v) is 8.92. The van der Waals surface area contributed by atoms with Gasteiger partial charge in [-0.05, 0) is 57.6 Å². The van der Waals surface area contributed by atoms with Crippen molar-refractivity contribution >= 4 is 46.9 Å². The van der Waals surface area contributed by atoms with Gasteiger partial charge in [0.1, 0.15) is 5.60 Å². The Morgan fingerprint density at radius 1 is 1.29 bits per heavy atom. The van der Waals surface area contributed by atoms with E-state index in [0.717, 1.165) is 44.9 Å². The van der Waals surface area contributed by atoms with E-state index in [1.165, 1.54) is 16.5 Å². The third-order valence-corrected chi connectivity index (χ3v) is 5.31. The molecule has 1 atom stereocenters. The van der Waals surface area contributed by atoms with E-state index in [1.54, 1.807) is 7.05 Å². The summed E-state index contributed by atoms with van der Waals surface area (Å²) in [5, 5.41) is 8.08. The number of carbonyl (C=O) groups excluding carboxylic acids is 1. The van der Waals surface area contributed by atoms with E-state index in [4.69, 9.17) is 4.74 Å². The molecule has 1 aromatic heterocycles. The zero-order chi connectivity index (χ0) is 21.6. The van der Waals surface area contributed by atoms with Crippen molar-refractivity contribution in [2.75, 3.05) is 33.2 Å². The van der Waals surface area contributed by atoms with Crippen molar-refractivity contribution < 1.29 is 9.53 Å². The van der Waals surface area contributed by atoms with Crippen LogP contribution in [0, 0.1) is 5.92 Å². The number of nitrogens with zero attached hydrogens (tertiary/aromatic N) is 2. The van der Waals surface area contributed by atoms with Crippen LogP contribution in [-0.2, 0) is 11.2 Å². The first-order valence-corrected chi connectivity index (χ1v) is 10.8. The minimum atomic E-state index is -0.459. The van der Waals surface area contributed by atoms with Crippen molar-refractivity contribution in [1.29, 1.82) is 0 Å². The van der Waals surface area contributed by atoms with E-state index >= 15 is 0 Å². The molecule has 172 valence electrons. The lowest BCUT2D eigenvalue weighted by Crippen LogP contribution is -2.47. The van der Waals surface area contributed by atoms with Crippen LogP contribution >= 0.6 is 24.0 Å². The Bertz CT molecular complexity index is 874. The van der Waals surface area contributed by atoms with Gasteiger partial charge in [0.05, 0.1) is 0 Å². The van der Waals surface area contributed by atoms with Crippen molar-refractivity contribution in [3.63, 3.8) is 0 Å². The molecule has 2 aromatic rings. The fourth-order valence-corrected chi connectivity index (χ4v) is 3.84. The Hall–Kier alpha value is -1.97. The summed E-state index contributed by atoms with van der Waals surface area (Å²) >= 11 is 0. The van der Waals surface area contributed by atoms with Gasteiger partial charge in [0, 0.05) is 50.3 Å². The molecule has 1 aliphatic rings. The highest BCUT2D eigenvalue weighted by atomic mass is 127. The summed E-state index contributed by atoms with van der Waals surface area (Å²) in [7, 11) is 1.79. The summed E-state index contributed by atoms with van der Waals surface area (Å²) in [6.07, 6.45) is 4.88. The summed E-state index contributed by atoms with van der Waals surface area (Å²) < 4.78 is 5.52. The summed E-state index contributed by atoms with van der Waals surface area (Å²) in [6, 6.07) is 8.35. The van der Waals surface area contributed by atoms with E-state index in [0.29, 0.717) is 12.5 Å². The number of rotatable bonds is 5. The van der Waals surface area contributed by atoms with Crippen LogP contribution < -0.4 is 10.6 Å².